The van der Waals surface area contributed by atoms with E-state index in [1.165, 1.54) is 0 Å². The average Bonchev–Trinajstić information content (AvgIpc) is 2.92. The molecular weight excluding hydrogens is 227 g/mol. The highest BCUT2D eigenvalue weighted by atomic mass is 19.4. The van der Waals surface area contributed by atoms with E-state index >= 15 is 0 Å². The maximum absolute atomic E-state index is 12.2. The summed E-state index contributed by atoms with van der Waals surface area (Å²) in [7, 11) is 0. The molecule has 0 aromatic heterocycles. The lowest BCUT2D eigenvalue weighted by Crippen LogP contribution is -2.43. The molecule has 0 aromatic rings. The summed E-state index contributed by atoms with van der Waals surface area (Å²) >= 11 is 0. The number of carbonyl (C=O) groups is 2. The minimum absolute atomic E-state index is 0.00558. The summed E-state index contributed by atoms with van der Waals surface area (Å²) in [5.74, 6) is -3.06. The van der Waals surface area contributed by atoms with E-state index in [-0.39, 0.29) is 19.0 Å². The van der Waals surface area contributed by atoms with E-state index in [0.29, 0.717) is 4.90 Å². The molecule has 1 saturated carbocycles. The Morgan fingerprint density at radius 3 is 2.25 bits per heavy atom. The van der Waals surface area contributed by atoms with Gasteiger partial charge in [0.1, 0.15) is 0 Å². The van der Waals surface area contributed by atoms with Crippen molar-refractivity contribution >= 4 is 11.9 Å². The van der Waals surface area contributed by atoms with Gasteiger partial charge < -0.3 is 10.0 Å². The Morgan fingerprint density at radius 2 is 1.88 bits per heavy atom. The van der Waals surface area contributed by atoms with Crippen LogP contribution in [0.5, 0.6) is 0 Å². The SMILES string of the molecule is O=C(O)CCN(CC1CC1)C(=O)C(F)(F)F. The molecule has 1 fully saturated rings. The number of halogens is 3. The molecule has 1 aliphatic carbocycles. The minimum Gasteiger partial charge on any atom is -0.481 e. The summed E-state index contributed by atoms with van der Waals surface area (Å²) in [6, 6.07) is 0. The van der Waals surface area contributed by atoms with Gasteiger partial charge in [-0.05, 0) is 18.8 Å². The van der Waals surface area contributed by atoms with Crippen LogP contribution in [0.1, 0.15) is 19.3 Å². The average molecular weight is 239 g/mol. The predicted molar refractivity (Wildman–Crippen MR) is 47.6 cm³/mol. The molecule has 1 amide bonds. The Kier molecular flexibility index (Phi) is 3.77. The molecule has 0 bridgehead atoms. The van der Waals surface area contributed by atoms with Crippen molar-refractivity contribution in [2.75, 3.05) is 13.1 Å². The van der Waals surface area contributed by atoms with Gasteiger partial charge in [-0.25, -0.2) is 0 Å². The van der Waals surface area contributed by atoms with Crippen molar-refractivity contribution in [1.29, 1.82) is 0 Å². The zero-order chi connectivity index (χ0) is 12.3. The molecule has 0 heterocycles. The maximum Gasteiger partial charge on any atom is 0.471 e. The second-order valence-electron chi connectivity index (χ2n) is 3.84. The lowest BCUT2D eigenvalue weighted by molar-refractivity contribution is -0.186. The van der Waals surface area contributed by atoms with Gasteiger partial charge in [0.15, 0.2) is 0 Å². The fourth-order valence-electron chi connectivity index (χ4n) is 1.30. The number of alkyl halides is 3. The molecule has 16 heavy (non-hydrogen) atoms. The highest BCUT2D eigenvalue weighted by Gasteiger charge is 2.43. The van der Waals surface area contributed by atoms with Crippen molar-refractivity contribution in [3.05, 3.63) is 0 Å². The second-order valence-corrected chi connectivity index (χ2v) is 3.84. The topological polar surface area (TPSA) is 57.6 Å². The van der Waals surface area contributed by atoms with E-state index < -0.39 is 24.5 Å². The fourth-order valence-corrected chi connectivity index (χ4v) is 1.30. The molecule has 4 nitrogen and oxygen atoms in total. The summed E-state index contributed by atoms with van der Waals surface area (Å²) in [4.78, 5) is 21.8. The molecule has 0 aromatic carbocycles. The van der Waals surface area contributed by atoms with Gasteiger partial charge in [0.05, 0.1) is 6.42 Å². The van der Waals surface area contributed by atoms with Gasteiger partial charge in [0.25, 0.3) is 0 Å². The maximum atomic E-state index is 12.2. The van der Waals surface area contributed by atoms with Crippen molar-refractivity contribution in [3.8, 4) is 0 Å². The number of rotatable bonds is 5. The monoisotopic (exact) mass is 239 g/mol. The van der Waals surface area contributed by atoms with Crippen LogP contribution < -0.4 is 0 Å². The zero-order valence-corrected chi connectivity index (χ0v) is 8.46. The molecule has 0 atom stereocenters. The number of nitrogens with zero attached hydrogens (tertiary/aromatic N) is 1. The third-order valence-corrected chi connectivity index (χ3v) is 2.30. The first kappa shape index (κ1) is 12.8. The normalized spacial score (nSPS) is 15.9. The van der Waals surface area contributed by atoms with Crippen molar-refractivity contribution in [1.82, 2.24) is 4.90 Å². The molecule has 0 aliphatic heterocycles. The van der Waals surface area contributed by atoms with Crippen LogP contribution in [0.15, 0.2) is 0 Å². The van der Waals surface area contributed by atoms with Crippen LogP contribution in [-0.4, -0.2) is 41.1 Å². The van der Waals surface area contributed by atoms with Crippen LogP contribution in [0.25, 0.3) is 0 Å². The van der Waals surface area contributed by atoms with Crippen molar-refractivity contribution in [3.63, 3.8) is 0 Å². The summed E-state index contributed by atoms with van der Waals surface area (Å²) in [6.45, 7) is -0.379. The molecule has 0 unspecified atom stereocenters. The number of hydrogen-bond acceptors (Lipinski definition) is 2. The Labute approximate surface area is 90.0 Å². The van der Waals surface area contributed by atoms with Crippen LogP contribution >= 0.6 is 0 Å². The summed E-state index contributed by atoms with van der Waals surface area (Å²) in [5.41, 5.74) is 0. The number of aliphatic carboxylic acids is 1. The highest BCUT2D eigenvalue weighted by molar-refractivity contribution is 5.82. The van der Waals surface area contributed by atoms with E-state index in [1.54, 1.807) is 0 Å². The first-order valence-corrected chi connectivity index (χ1v) is 4.88. The number of hydrogen-bond donors (Lipinski definition) is 1. The fraction of sp³-hybridized carbons (Fsp3) is 0.778. The lowest BCUT2D eigenvalue weighted by Gasteiger charge is -2.22. The molecule has 0 radical (unpaired) electrons. The summed E-state index contributed by atoms with van der Waals surface area (Å²) in [6.07, 6.45) is -3.79. The Balaban J connectivity index is 2.54. The number of carboxylic acids is 1. The first-order chi connectivity index (χ1) is 7.30. The zero-order valence-electron chi connectivity index (χ0n) is 8.46. The van der Waals surface area contributed by atoms with Gasteiger partial charge in [-0.3, -0.25) is 9.59 Å². The van der Waals surface area contributed by atoms with Gasteiger partial charge in [0.2, 0.25) is 0 Å². The molecule has 1 rings (SSSR count). The summed E-state index contributed by atoms with van der Waals surface area (Å²) < 4.78 is 36.5. The molecule has 7 heteroatoms. The second kappa shape index (κ2) is 4.71. The number of amides is 1. The van der Waals surface area contributed by atoms with Gasteiger partial charge in [-0.1, -0.05) is 0 Å². The standard InChI is InChI=1S/C9H12F3NO3/c10-9(11,12)8(16)13(4-3-7(14)15)5-6-1-2-6/h6H,1-5H2,(H,14,15). The van der Waals surface area contributed by atoms with E-state index in [4.69, 9.17) is 5.11 Å². The third kappa shape index (κ3) is 4.08. The van der Waals surface area contributed by atoms with Gasteiger partial charge in [0, 0.05) is 13.1 Å². The molecule has 92 valence electrons. The highest BCUT2D eigenvalue weighted by Crippen LogP contribution is 2.31. The Bertz CT molecular complexity index is 286. The Morgan fingerprint density at radius 1 is 1.31 bits per heavy atom. The molecular formula is C9H12F3NO3. The largest absolute Gasteiger partial charge is 0.481 e. The van der Waals surface area contributed by atoms with Crippen molar-refractivity contribution < 1.29 is 27.9 Å². The quantitative estimate of drug-likeness (QED) is 0.785. The van der Waals surface area contributed by atoms with Crippen molar-refractivity contribution in [2.45, 2.75) is 25.4 Å². The van der Waals surface area contributed by atoms with E-state index in [1.807, 2.05) is 0 Å². The predicted octanol–water partition coefficient (Wildman–Crippen LogP) is 1.26. The van der Waals surface area contributed by atoms with Crippen LogP contribution in [0.4, 0.5) is 13.2 Å². The third-order valence-electron chi connectivity index (χ3n) is 2.30. The smallest absolute Gasteiger partial charge is 0.471 e. The number of carboxylic acid groups (broad SMARTS) is 1. The van der Waals surface area contributed by atoms with E-state index in [2.05, 4.69) is 0 Å². The van der Waals surface area contributed by atoms with Crippen LogP contribution in [0, 0.1) is 5.92 Å². The van der Waals surface area contributed by atoms with Crippen LogP contribution in [-0.2, 0) is 9.59 Å². The minimum atomic E-state index is -4.92. The molecule has 0 spiro atoms. The Hall–Kier alpha value is -1.27. The van der Waals surface area contributed by atoms with Crippen LogP contribution in [0.3, 0.4) is 0 Å². The van der Waals surface area contributed by atoms with Gasteiger partial charge in [-0.15, -0.1) is 0 Å². The van der Waals surface area contributed by atoms with Crippen LogP contribution in [0.2, 0.25) is 0 Å². The lowest BCUT2D eigenvalue weighted by atomic mass is 10.3. The molecule has 1 aliphatic rings. The molecule has 1 N–H and O–H groups in total. The van der Waals surface area contributed by atoms with E-state index in [9.17, 15) is 22.8 Å². The van der Waals surface area contributed by atoms with Gasteiger partial charge in [-0.2, -0.15) is 13.2 Å². The van der Waals surface area contributed by atoms with Crippen molar-refractivity contribution in [2.24, 2.45) is 5.92 Å². The van der Waals surface area contributed by atoms with E-state index in [0.717, 1.165) is 12.8 Å². The van der Waals surface area contributed by atoms with Gasteiger partial charge >= 0.3 is 18.1 Å². The number of carbonyl (C=O) groups excluding carboxylic acids is 1. The summed E-state index contributed by atoms with van der Waals surface area (Å²) in [5, 5.41) is 8.38. The molecule has 0 saturated heterocycles. The first-order valence-electron chi connectivity index (χ1n) is 4.88.